The minimum atomic E-state index is -0.746. The summed E-state index contributed by atoms with van der Waals surface area (Å²) in [5.41, 5.74) is 0.522. The fraction of sp³-hybridized carbons (Fsp3) is 0.333. The topological polar surface area (TPSA) is 70.9 Å². The molecule has 1 aromatic rings. The fourth-order valence-corrected chi connectivity index (χ4v) is 1.28. The molecule has 0 heterocycles. The molecule has 0 saturated heterocycles. The third-order valence-corrected chi connectivity index (χ3v) is 2.49. The first-order chi connectivity index (χ1) is 7.67. The minimum Gasteiger partial charge on any atom is -0.392 e. The van der Waals surface area contributed by atoms with Gasteiger partial charge in [0.2, 0.25) is 0 Å². The van der Waals surface area contributed by atoms with Crippen LogP contribution in [0.5, 0.6) is 0 Å². The molecular weight excluding hydrogens is 283 g/mol. The molecule has 0 aliphatic heterocycles. The van der Waals surface area contributed by atoms with E-state index in [1.807, 2.05) is 0 Å². The van der Waals surface area contributed by atoms with Crippen LogP contribution in [0.2, 0.25) is 0 Å². The van der Waals surface area contributed by atoms with Crippen LogP contribution in [0.3, 0.4) is 0 Å². The zero-order valence-electron chi connectivity index (χ0n) is 8.19. The molecule has 1 aromatic carbocycles. The van der Waals surface area contributed by atoms with Crippen LogP contribution >= 0.6 is 15.9 Å². The quantitative estimate of drug-likeness (QED) is 0.622. The molecule has 5 nitrogen and oxygen atoms in total. The number of hydrogen-bond acceptors (Lipinski definition) is 5. The van der Waals surface area contributed by atoms with Gasteiger partial charge in [-0.2, -0.15) is 0 Å². The van der Waals surface area contributed by atoms with Gasteiger partial charge in [0.15, 0.2) is 11.4 Å². The molecule has 0 aromatic heterocycles. The molecule has 1 rings (SSSR count). The largest absolute Gasteiger partial charge is 0.392 e. The number of rotatable bonds is 6. The zero-order chi connectivity index (χ0) is 12.0. The summed E-state index contributed by atoms with van der Waals surface area (Å²) in [6.45, 7) is -0.193. The summed E-state index contributed by atoms with van der Waals surface area (Å²) >= 11 is 3.02. The van der Waals surface area contributed by atoms with E-state index in [1.54, 1.807) is 12.1 Å². The molecule has 0 spiro atoms. The summed E-state index contributed by atoms with van der Waals surface area (Å²) in [6, 6.07) is 4.48. The number of benzene rings is 1. The SMILES string of the molecule is O=NOC(CO)CNc1ccc(Br)c(F)c1. The van der Waals surface area contributed by atoms with Crippen molar-refractivity contribution in [2.75, 3.05) is 18.5 Å². The van der Waals surface area contributed by atoms with Gasteiger partial charge in [0.1, 0.15) is 5.82 Å². The molecule has 0 radical (unpaired) electrons. The van der Waals surface area contributed by atoms with Crippen LogP contribution in [-0.2, 0) is 4.84 Å². The van der Waals surface area contributed by atoms with Gasteiger partial charge in [-0.3, -0.25) is 0 Å². The average Bonchev–Trinajstić information content (AvgIpc) is 2.28. The lowest BCUT2D eigenvalue weighted by Crippen LogP contribution is -2.25. The second kappa shape index (κ2) is 6.39. The van der Waals surface area contributed by atoms with Crippen molar-refractivity contribution in [3.63, 3.8) is 0 Å². The molecule has 0 aliphatic rings. The van der Waals surface area contributed by atoms with Crippen molar-refractivity contribution in [1.82, 2.24) is 0 Å². The Morgan fingerprint density at radius 1 is 1.62 bits per heavy atom. The Morgan fingerprint density at radius 3 is 2.94 bits per heavy atom. The number of nitrogens with zero attached hydrogens (tertiary/aromatic N) is 1. The number of hydrogen-bond donors (Lipinski definition) is 2. The van der Waals surface area contributed by atoms with Gasteiger partial charge in [-0.15, -0.1) is 4.91 Å². The van der Waals surface area contributed by atoms with Gasteiger partial charge in [-0.25, -0.2) is 4.39 Å². The first-order valence-corrected chi connectivity index (χ1v) is 5.25. The summed E-state index contributed by atoms with van der Waals surface area (Å²) in [5.74, 6) is -0.403. The van der Waals surface area contributed by atoms with E-state index in [9.17, 15) is 9.30 Å². The summed E-state index contributed by atoms with van der Waals surface area (Å²) in [6.07, 6.45) is -0.746. The molecule has 2 N–H and O–H groups in total. The Kier molecular flexibility index (Phi) is 5.13. The van der Waals surface area contributed by atoms with Gasteiger partial charge in [-0.05, 0) is 34.1 Å². The van der Waals surface area contributed by atoms with Crippen molar-refractivity contribution in [1.29, 1.82) is 0 Å². The Morgan fingerprint density at radius 2 is 2.38 bits per heavy atom. The smallest absolute Gasteiger partial charge is 0.170 e. The van der Waals surface area contributed by atoms with E-state index >= 15 is 0 Å². The van der Waals surface area contributed by atoms with Crippen LogP contribution in [0.1, 0.15) is 0 Å². The van der Waals surface area contributed by atoms with E-state index in [-0.39, 0.29) is 13.2 Å². The first kappa shape index (κ1) is 12.9. The number of halogens is 2. The van der Waals surface area contributed by atoms with Crippen LogP contribution in [0.4, 0.5) is 10.1 Å². The highest BCUT2D eigenvalue weighted by molar-refractivity contribution is 9.10. The highest BCUT2D eigenvalue weighted by Gasteiger charge is 2.09. The Hall–Kier alpha value is -1.21. The minimum absolute atomic E-state index is 0.156. The molecular formula is C9H10BrFN2O3. The van der Waals surface area contributed by atoms with Gasteiger partial charge in [0, 0.05) is 5.69 Å². The van der Waals surface area contributed by atoms with Gasteiger partial charge in [0.05, 0.1) is 17.6 Å². The van der Waals surface area contributed by atoms with Gasteiger partial charge >= 0.3 is 0 Å². The molecule has 0 aliphatic carbocycles. The maximum absolute atomic E-state index is 13.1. The number of anilines is 1. The van der Waals surface area contributed by atoms with E-state index < -0.39 is 11.9 Å². The van der Waals surface area contributed by atoms with E-state index in [2.05, 4.69) is 31.4 Å². The van der Waals surface area contributed by atoms with Crippen molar-refractivity contribution in [2.45, 2.75) is 6.10 Å². The van der Waals surface area contributed by atoms with Gasteiger partial charge < -0.3 is 15.3 Å². The predicted octanol–water partition coefficient (Wildman–Crippen LogP) is 2.06. The van der Waals surface area contributed by atoms with E-state index in [0.717, 1.165) is 0 Å². The highest BCUT2D eigenvalue weighted by Crippen LogP contribution is 2.19. The van der Waals surface area contributed by atoms with Crippen molar-refractivity contribution in [3.8, 4) is 0 Å². The van der Waals surface area contributed by atoms with Gasteiger partial charge in [0.25, 0.3) is 0 Å². The maximum Gasteiger partial charge on any atom is 0.170 e. The Labute approximate surface area is 99.7 Å². The molecule has 0 saturated carbocycles. The number of aliphatic hydroxyl groups excluding tert-OH is 1. The maximum atomic E-state index is 13.1. The average molecular weight is 293 g/mol. The van der Waals surface area contributed by atoms with Crippen molar-refractivity contribution in [3.05, 3.63) is 33.4 Å². The third-order valence-electron chi connectivity index (χ3n) is 1.85. The molecule has 0 amide bonds. The third kappa shape index (κ3) is 3.74. The van der Waals surface area contributed by atoms with Gasteiger partial charge in [-0.1, -0.05) is 0 Å². The lowest BCUT2D eigenvalue weighted by atomic mass is 10.3. The monoisotopic (exact) mass is 292 g/mol. The van der Waals surface area contributed by atoms with Crippen molar-refractivity contribution >= 4 is 21.6 Å². The summed E-state index contributed by atoms with van der Waals surface area (Å²) in [7, 11) is 0. The van der Waals surface area contributed by atoms with Crippen LogP contribution in [-0.4, -0.2) is 24.4 Å². The Balaban J connectivity index is 2.53. The van der Waals surface area contributed by atoms with Crippen LogP contribution in [0.15, 0.2) is 28.0 Å². The summed E-state index contributed by atoms with van der Waals surface area (Å²) < 4.78 is 13.5. The van der Waals surface area contributed by atoms with Crippen molar-refractivity contribution in [2.24, 2.45) is 5.34 Å². The number of nitrogens with one attached hydrogen (secondary N) is 1. The second-order valence-corrected chi connectivity index (χ2v) is 3.85. The van der Waals surface area contributed by atoms with E-state index in [4.69, 9.17) is 5.11 Å². The lowest BCUT2D eigenvalue weighted by molar-refractivity contribution is 0.0223. The molecule has 1 atom stereocenters. The lowest BCUT2D eigenvalue weighted by Gasteiger charge is -2.12. The summed E-state index contributed by atoms with van der Waals surface area (Å²) in [5, 5.41) is 13.8. The fourth-order valence-electron chi connectivity index (χ4n) is 1.03. The molecule has 88 valence electrons. The van der Waals surface area contributed by atoms with Crippen LogP contribution < -0.4 is 5.32 Å². The molecule has 1 unspecified atom stereocenters. The first-order valence-electron chi connectivity index (χ1n) is 4.45. The molecule has 16 heavy (non-hydrogen) atoms. The Bertz CT molecular complexity index is 365. The highest BCUT2D eigenvalue weighted by atomic mass is 79.9. The predicted molar refractivity (Wildman–Crippen MR) is 60.3 cm³/mol. The van der Waals surface area contributed by atoms with Crippen molar-refractivity contribution < 1.29 is 14.3 Å². The zero-order valence-corrected chi connectivity index (χ0v) is 9.78. The molecule has 7 heteroatoms. The second-order valence-electron chi connectivity index (χ2n) is 2.99. The van der Waals surface area contributed by atoms with E-state index in [0.29, 0.717) is 10.2 Å². The molecule has 0 bridgehead atoms. The molecule has 0 fully saturated rings. The van der Waals surface area contributed by atoms with Crippen LogP contribution in [0, 0.1) is 10.7 Å². The number of aliphatic hydroxyl groups is 1. The standard InChI is InChI=1S/C9H10BrFN2O3/c10-8-2-1-6(3-9(8)11)12-4-7(5-14)16-13-15/h1-3,7,12,14H,4-5H2. The normalized spacial score (nSPS) is 11.9. The summed E-state index contributed by atoms with van der Waals surface area (Å²) in [4.78, 5) is 14.1. The van der Waals surface area contributed by atoms with E-state index in [1.165, 1.54) is 6.07 Å². The van der Waals surface area contributed by atoms with Crippen LogP contribution in [0.25, 0.3) is 0 Å².